The second-order valence-corrected chi connectivity index (χ2v) is 5.09. The van der Waals surface area contributed by atoms with Crippen molar-refractivity contribution in [2.75, 3.05) is 0 Å². The highest BCUT2D eigenvalue weighted by Gasteiger charge is 2.10. The molecule has 1 N–H and O–H groups in total. The van der Waals surface area contributed by atoms with Gasteiger partial charge in [-0.25, -0.2) is 14.2 Å². The SMILES string of the molecule is O=C(O)c1nc(COc2ccc(Br)cc2F)cs1. The number of aromatic carboxylic acids is 1. The fraction of sp³-hybridized carbons (Fsp3) is 0.0909. The molecule has 1 aromatic heterocycles. The van der Waals surface area contributed by atoms with Gasteiger partial charge >= 0.3 is 5.97 Å². The van der Waals surface area contributed by atoms with Gasteiger partial charge in [0.05, 0.1) is 5.69 Å². The Morgan fingerprint density at radius 1 is 1.56 bits per heavy atom. The first-order valence-electron chi connectivity index (χ1n) is 4.82. The minimum atomic E-state index is -1.08. The number of carboxylic acid groups (broad SMARTS) is 1. The Bertz CT molecular complexity index is 587. The molecule has 0 bridgehead atoms. The van der Waals surface area contributed by atoms with Crippen molar-refractivity contribution in [3.05, 3.63) is 44.6 Å². The van der Waals surface area contributed by atoms with Crippen molar-refractivity contribution >= 4 is 33.2 Å². The number of ether oxygens (including phenoxy) is 1. The molecule has 0 atom stereocenters. The highest BCUT2D eigenvalue weighted by Crippen LogP contribution is 2.22. The molecule has 94 valence electrons. The molecule has 0 radical (unpaired) electrons. The van der Waals surface area contributed by atoms with Crippen LogP contribution < -0.4 is 4.74 Å². The van der Waals surface area contributed by atoms with Crippen LogP contribution in [-0.2, 0) is 6.61 Å². The van der Waals surface area contributed by atoms with Gasteiger partial charge in [-0.1, -0.05) is 15.9 Å². The molecule has 1 aromatic carbocycles. The predicted octanol–water partition coefficient (Wildman–Crippen LogP) is 3.32. The summed E-state index contributed by atoms with van der Waals surface area (Å²) in [5, 5.41) is 10.3. The van der Waals surface area contributed by atoms with Crippen molar-refractivity contribution in [2.45, 2.75) is 6.61 Å². The minimum absolute atomic E-state index is 0.00937. The zero-order chi connectivity index (χ0) is 13.1. The Hall–Kier alpha value is -1.47. The van der Waals surface area contributed by atoms with Gasteiger partial charge in [0.2, 0.25) is 5.01 Å². The van der Waals surface area contributed by atoms with Crippen molar-refractivity contribution < 1.29 is 19.0 Å². The summed E-state index contributed by atoms with van der Waals surface area (Å²) in [6.45, 7) is 0.0301. The number of carbonyl (C=O) groups is 1. The molecular weight excluding hydrogens is 325 g/mol. The molecule has 0 aliphatic carbocycles. The second-order valence-electron chi connectivity index (χ2n) is 3.31. The third-order valence-electron chi connectivity index (χ3n) is 2.00. The van der Waals surface area contributed by atoms with Gasteiger partial charge < -0.3 is 9.84 Å². The lowest BCUT2D eigenvalue weighted by Gasteiger charge is -2.05. The van der Waals surface area contributed by atoms with Gasteiger partial charge in [0.25, 0.3) is 0 Å². The van der Waals surface area contributed by atoms with Crippen LogP contribution in [0.25, 0.3) is 0 Å². The predicted molar refractivity (Wildman–Crippen MR) is 67.5 cm³/mol. The van der Waals surface area contributed by atoms with E-state index < -0.39 is 11.8 Å². The maximum absolute atomic E-state index is 13.4. The Kier molecular flexibility index (Phi) is 3.93. The first-order chi connectivity index (χ1) is 8.56. The summed E-state index contributed by atoms with van der Waals surface area (Å²) in [7, 11) is 0. The van der Waals surface area contributed by atoms with Gasteiger partial charge in [-0.15, -0.1) is 11.3 Å². The molecule has 1 heterocycles. The normalized spacial score (nSPS) is 10.3. The number of nitrogens with zero attached hydrogens (tertiary/aromatic N) is 1. The van der Waals surface area contributed by atoms with Crippen molar-refractivity contribution in [1.82, 2.24) is 4.98 Å². The van der Waals surface area contributed by atoms with Crippen molar-refractivity contribution in [2.24, 2.45) is 0 Å². The summed E-state index contributed by atoms with van der Waals surface area (Å²) >= 11 is 4.15. The van der Waals surface area contributed by atoms with Crippen LogP contribution in [0.15, 0.2) is 28.1 Å². The quantitative estimate of drug-likeness (QED) is 0.933. The molecule has 0 unspecified atom stereocenters. The fourth-order valence-electron chi connectivity index (χ4n) is 1.22. The lowest BCUT2D eigenvalue weighted by Crippen LogP contribution is -2.00. The average Bonchev–Trinajstić information content (AvgIpc) is 2.76. The number of hydrogen-bond acceptors (Lipinski definition) is 4. The summed E-state index contributed by atoms with van der Waals surface area (Å²) in [6.07, 6.45) is 0. The highest BCUT2D eigenvalue weighted by atomic mass is 79.9. The van der Waals surface area contributed by atoms with Crippen LogP contribution in [-0.4, -0.2) is 16.1 Å². The molecule has 0 saturated heterocycles. The number of carboxylic acids is 1. The Morgan fingerprint density at radius 2 is 2.33 bits per heavy atom. The third kappa shape index (κ3) is 3.05. The van der Waals surface area contributed by atoms with Gasteiger partial charge in [0.1, 0.15) is 6.61 Å². The Balaban J connectivity index is 2.04. The van der Waals surface area contributed by atoms with Gasteiger partial charge in [-0.05, 0) is 18.2 Å². The van der Waals surface area contributed by atoms with E-state index in [1.165, 1.54) is 12.1 Å². The lowest BCUT2D eigenvalue weighted by atomic mass is 10.3. The summed E-state index contributed by atoms with van der Waals surface area (Å²) in [5.41, 5.74) is 0.458. The lowest BCUT2D eigenvalue weighted by molar-refractivity contribution is 0.0696. The van der Waals surface area contributed by atoms with Crippen LogP contribution in [0.2, 0.25) is 0 Å². The van der Waals surface area contributed by atoms with E-state index in [2.05, 4.69) is 20.9 Å². The second kappa shape index (κ2) is 5.45. The zero-order valence-corrected chi connectivity index (χ0v) is 11.3. The number of aromatic nitrogens is 1. The van der Waals surface area contributed by atoms with E-state index in [-0.39, 0.29) is 17.4 Å². The molecule has 2 aromatic rings. The molecule has 2 rings (SSSR count). The van der Waals surface area contributed by atoms with Crippen LogP contribution in [0.3, 0.4) is 0 Å². The monoisotopic (exact) mass is 331 g/mol. The summed E-state index contributed by atoms with van der Waals surface area (Å²) < 4.78 is 19.3. The van der Waals surface area contributed by atoms with E-state index in [9.17, 15) is 9.18 Å². The molecule has 0 amide bonds. The molecule has 0 fully saturated rings. The molecule has 0 aliphatic rings. The summed E-state index contributed by atoms with van der Waals surface area (Å²) in [4.78, 5) is 14.5. The molecule has 18 heavy (non-hydrogen) atoms. The zero-order valence-electron chi connectivity index (χ0n) is 8.89. The standard InChI is InChI=1S/C11H7BrFNO3S/c12-6-1-2-9(8(13)3-6)17-4-7-5-18-10(14-7)11(15)16/h1-3,5H,4H2,(H,15,16). The van der Waals surface area contributed by atoms with Crippen LogP contribution >= 0.6 is 27.3 Å². The summed E-state index contributed by atoms with van der Waals surface area (Å²) in [6, 6.07) is 4.44. The maximum Gasteiger partial charge on any atom is 0.365 e. The minimum Gasteiger partial charge on any atom is -0.484 e. The van der Waals surface area contributed by atoms with Gasteiger partial charge in [0.15, 0.2) is 11.6 Å². The van der Waals surface area contributed by atoms with E-state index in [1.54, 1.807) is 11.4 Å². The van der Waals surface area contributed by atoms with E-state index >= 15 is 0 Å². The molecule has 4 nitrogen and oxygen atoms in total. The molecule has 0 aliphatic heterocycles. The third-order valence-corrected chi connectivity index (χ3v) is 3.38. The van der Waals surface area contributed by atoms with Crippen LogP contribution in [0.5, 0.6) is 5.75 Å². The topological polar surface area (TPSA) is 59.4 Å². The molecule has 0 saturated carbocycles. The number of thiazole rings is 1. The number of hydrogen-bond donors (Lipinski definition) is 1. The maximum atomic E-state index is 13.4. The van der Waals surface area contributed by atoms with E-state index in [1.807, 2.05) is 0 Å². The van der Waals surface area contributed by atoms with Gasteiger partial charge in [-0.3, -0.25) is 0 Å². The highest BCUT2D eigenvalue weighted by molar-refractivity contribution is 9.10. The number of halogens is 2. The van der Waals surface area contributed by atoms with Crippen LogP contribution in [0.4, 0.5) is 4.39 Å². The fourth-order valence-corrected chi connectivity index (χ4v) is 2.19. The van der Waals surface area contributed by atoms with Crippen LogP contribution in [0.1, 0.15) is 15.5 Å². The van der Waals surface area contributed by atoms with E-state index in [4.69, 9.17) is 9.84 Å². The van der Waals surface area contributed by atoms with Crippen molar-refractivity contribution in [3.8, 4) is 5.75 Å². The van der Waals surface area contributed by atoms with E-state index in [0.29, 0.717) is 10.2 Å². The number of benzene rings is 1. The van der Waals surface area contributed by atoms with Crippen molar-refractivity contribution in [3.63, 3.8) is 0 Å². The average molecular weight is 332 g/mol. The van der Waals surface area contributed by atoms with Crippen molar-refractivity contribution in [1.29, 1.82) is 0 Å². The Labute approximate surface area is 114 Å². The van der Waals surface area contributed by atoms with Gasteiger partial charge in [-0.2, -0.15) is 0 Å². The molecular formula is C11H7BrFNO3S. The first-order valence-corrected chi connectivity index (χ1v) is 6.49. The van der Waals surface area contributed by atoms with E-state index in [0.717, 1.165) is 11.3 Å². The molecule has 7 heteroatoms. The largest absolute Gasteiger partial charge is 0.484 e. The molecule has 0 spiro atoms. The Morgan fingerprint density at radius 3 is 2.94 bits per heavy atom. The van der Waals surface area contributed by atoms with Gasteiger partial charge in [0, 0.05) is 9.85 Å². The number of rotatable bonds is 4. The summed E-state index contributed by atoms with van der Waals surface area (Å²) in [5.74, 6) is -1.47. The first kappa shape index (κ1) is 13.0. The smallest absolute Gasteiger partial charge is 0.365 e. The van der Waals surface area contributed by atoms with Crippen LogP contribution in [0, 0.1) is 5.82 Å².